The Kier molecular flexibility index (Phi) is 4.24. The molecular formula is C11H24N2O3S. The lowest BCUT2D eigenvalue weighted by atomic mass is 9.98. The second-order valence-corrected chi connectivity index (χ2v) is 7.78. The Morgan fingerprint density at radius 2 is 1.82 bits per heavy atom. The Morgan fingerprint density at radius 3 is 2.35 bits per heavy atom. The summed E-state index contributed by atoms with van der Waals surface area (Å²) < 4.78 is 28.3. The summed E-state index contributed by atoms with van der Waals surface area (Å²) in [5.74, 6) is 0. The van der Waals surface area contributed by atoms with Gasteiger partial charge in [0.2, 0.25) is 0 Å². The van der Waals surface area contributed by atoms with Gasteiger partial charge in [0.05, 0.1) is 5.60 Å². The topological polar surface area (TPSA) is 69.6 Å². The molecule has 0 bridgehead atoms. The number of nitrogens with one attached hydrogen (secondary N) is 1. The van der Waals surface area contributed by atoms with E-state index in [1.807, 2.05) is 20.8 Å². The molecule has 1 unspecified atom stereocenters. The van der Waals surface area contributed by atoms with Crippen molar-refractivity contribution < 1.29 is 13.5 Å². The largest absolute Gasteiger partial charge is 0.390 e. The highest BCUT2D eigenvalue weighted by molar-refractivity contribution is 7.87. The first-order chi connectivity index (χ1) is 7.52. The molecule has 1 atom stereocenters. The van der Waals surface area contributed by atoms with E-state index in [1.54, 1.807) is 6.92 Å². The molecule has 1 aliphatic rings. The van der Waals surface area contributed by atoms with E-state index in [4.69, 9.17) is 0 Å². The maximum Gasteiger partial charge on any atom is 0.279 e. The van der Waals surface area contributed by atoms with E-state index < -0.39 is 21.3 Å². The van der Waals surface area contributed by atoms with Crippen molar-refractivity contribution in [2.45, 2.75) is 58.1 Å². The van der Waals surface area contributed by atoms with Gasteiger partial charge in [-0.1, -0.05) is 0 Å². The van der Waals surface area contributed by atoms with Crippen molar-refractivity contribution >= 4 is 10.2 Å². The van der Waals surface area contributed by atoms with Gasteiger partial charge in [0.25, 0.3) is 10.2 Å². The van der Waals surface area contributed by atoms with Crippen LogP contribution in [0.1, 0.15) is 47.0 Å². The van der Waals surface area contributed by atoms with Crippen LogP contribution in [0.25, 0.3) is 0 Å². The third kappa shape index (κ3) is 4.91. The minimum absolute atomic E-state index is 0.373. The number of hydrogen-bond donors (Lipinski definition) is 2. The quantitative estimate of drug-likeness (QED) is 0.777. The molecule has 0 amide bonds. The molecule has 2 N–H and O–H groups in total. The van der Waals surface area contributed by atoms with Crippen LogP contribution in [0.3, 0.4) is 0 Å². The molecule has 102 valence electrons. The van der Waals surface area contributed by atoms with Crippen LogP contribution in [-0.4, -0.2) is 42.1 Å². The van der Waals surface area contributed by atoms with Crippen LogP contribution in [0.2, 0.25) is 0 Å². The number of nitrogens with zero attached hydrogens (tertiary/aromatic N) is 1. The van der Waals surface area contributed by atoms with Crippen LogP contribution in [0.15, 0.2) is 0 Å². The predicted octanol–water partition coefficient (Wildman–Crippen LogP) is 0.856. The van der Waals surface area contributed by atoms with E-state index in [-0.39, 0.29) is 0 Å². The van der Waals surface area contributed by atoms with E-state index >= 15 is 0 Å². The highest BCUT2D eigenvalue weighted by Gasteiger charge is 2.32. The second kappa shape index (κ2) is 4.84. The number of hydrogen-bond acceptors (Lipinski definition) is 3. The Hall–Kier alpha value is -0.170. The van der Waals surface area contributed by atoms with Crippen molar-refractivity contribution in [3.63, 3.8) is 0 Å². The molecule has 1 rings (SSSR count). The van der Waals surface area contributed by atoms with Gasteiger partial charge in [0.15, 0.2) is 0 Å². The average molecular weight is 264 g/mol. The van der Waals surface area contributed by atoms with Gasteiger partial charge in [-0.15, -0.1) is 0 Å². The highest BCUT2D eigenvalue weighted by atomic mass is 32.2. The predicted molar refractivity (Wildman–Crippen MR) is 67.9 cm³/mol. The number of aliphatic hydroxyl groups is 1. The Balaban J connectivity index is 2.73. The fraction of sp³-hybridized carbons (Fsp3) is 1.00. The first-order valence-corrected chi connectivity index (χ1v) is 7.47. The molecule has 1 saturated heterocycles. The minimum atomic E-state index is -3.44. The van der Waals surface area contributed by atoms with Crippen LogP contribution in [0.5, 0.6) is 0 Å². The average Bonchev–Trinajstić information content (AvgIpc) is 2.21. The molecule has 17 heavy (non-hydrogen) atoms. The molecule has 1 fully saturated rings. The minimum Gasteiger partial charge on any atom is -0.390 e. The first-order valence-electron chi connectivity index (χ1n) is 6.03. The fourth-order valence-electron chi connectivity index (χ4n) is 1.93. The van der Waals surface area contributed by atoms with Gasteiger partial charge in [-0.3, -0.25) is 0 Å². The van der Waals surface area contributed by atoms with Crippen molar-refractivity contribution in [3.8, 4) is 0 Å². The van der Waals surface area contributed by atoms with E-state index in [2.05, 4.69) is 4.72 Å². The van der Waals surface area contributed by atoms with Gasteiger partial charge in [-0.2, -0.15) is 17.4 Å². The summed E-state index contributed by atoms with van der Waals surface area (Å²) in [7, 11) is -3.44. The van der Waals surface area contributed by atoms with Crippen molar-refractivity contribution in [1.29, 1.82) is 0 Å². The van der Waals surface area contributed by atoms with Gasteiger partial charge < -0.3 is 5.11 Å². The second-order valence-electron chi connectivity index (χ2n) is 6.11. The number of rotatable bonds is 2. The molecule has 0 aromatic heterocycles. The summed E-state index contributed by atoms with van der Waals surface area (Å²) in [4.78, 5) is 0. The summed E-state index contributed by atoms with van der Waals surface area (Å²) >= 11 is 0. The van der Waals surface area contributed by atoms with Gasteiger partial charge in [-0.05, 0) is 47.0 Å². The molecular weight excluding hydrogens is 240 g/mol. The molecule has 1 heterocycles. The van der Waals surface area contributed by atoms with Crippen molar-refractivity contribution in [2.24, 2.45) is 0 Å². The van der Waals surface area contributed by atoms with Crippen LogP contribution >= 0.6 is 0 Å². The van der Waals surface area contributed by atoms with E-state index in [0.29, 0.717) is 32.4 Å². The summed E-state index contributed by atoms with van der Waals surface area (Å²) in [5, 5.41) is 9.93. The zero-order valence-electron chi connectivity index (χ0n) is 11.2. The summed E-state index contributed by atoms with van der Waals surface area (Å²) in [6.07, 6.45) is 1.82. The van der Waals surface area contributed by atoms with Gasteiger partial charge >= 0.3 is 0 Å². The molecule has 0 spiro atoms. The van der Waals surface area contributed by atoms with Gasteiger partial charge in [-0.25, -0.2) is 0 Å². The van der Waals surface area contributed by atoms with Crippen LogP contribution < -0.4 is 4.72 Å². The smallest absolute Gasteiger partial charge is 0.279 e. The molecule has 0 aromatic carbocycles. The zero-order chi connectivity index (χ0) is 13.3. The maximum atomic E-state index is 12.1. The lowest BCUT2D eigenvalue weighted by molar-refractivity contribution is 0.0465. The summed E-state index contributed by atoms with van der Waals surface area (Å²) in [5.41, 5.74) is -1.22. The Labute approximate surface area is 104 Å². The van der Waals surface area contributed by atoms with Crippen molar-refractivity contribution in [2.75, 3.05) is 13.1 Å². The summed E-state index contributed by atoms with van der Waals surface area (Å²) in [6.45, 7) is 8.07. The highest BCUT2D eigenvalue weighted by Crippen LogP contribution is 2.22. The van der Waals surface area contributed by atoms with Gasteiger partial charge in [0.1, 0.15) is 0 Å². The zero-order valence-corrected chi connectivity index (χ0v) is 12.0. The van der Waals surface area contributed by atoms with Crippen LogP contribution in [0.4, 0.5) is 0 Å². The third-order valence-corrected chi connectivity index (χ3v) is 4.71. The SMILES string of the molecule is CC1(O)CCCN(S(=O)(=O)NC(C)(C)C)CC1. The van der Waals surface area contributed by atoms with Crippen LogP contribution in [0, 0.1) is 0 Å². The van der Waals surface area contributed by atoms with Crippen molar-refractivity contribution in [1.82, 2.24) is 9.03 Å². The maximum absolute atomic E-state index is 12.1. The monoisotopic (exact) mass is 264 g/mol. The molecule has 0 radical (unpaired) electrons. The molecule has 0 aliphatic carbocycles. The third-order valence-electron chi connectivity index (χ3n) is 2.80. The van der Waals surface area contributed by atoms with Crippen LogP contribution in [-0.2, 0) is 10.2 Å². The lowest BCUT2D eigenvalue weighted by Gasteiger charge is -2.27. The summed E-state index contributed by atoms with van der Waals surface area (Å²) in [6, 6.07) is 0. The Morgan fingerprint density at radius 1 is 1.24 bits per heavy atom. The molecule has 6 heteroatoms. The van der Waals surface area contributed by atoms with Crippen molar-refractivity contribution in [3.05, 3.63) is 0 Å². The van der Waals surface area contributed by atoms with Gasteiger partial charge in [0, 0.05) is 18.6 Å². The molecule has 0 aromatic rings. The molecule has 1 aliphatic heterocycles. The fourth-order valence-corrected chi connectivity index (χ4v) is 3.53. The molecule has 5 nitrogen and oxygen atoms in total. The lowest BCUT2D eigenvalue weighted by Crippen LogP contribution is -2.49. The first kappa shape index (κ1) is 14.9. The Bertz CT molecular complexity index is 357. The van der Waals surface area contributed by atoms with E-state index in [0.717, 1.165) is 0 Å². The molecule has 0 saturated carbocycles. The standard InChI is InChI=1S/C11H24N2O3S/c1-10(2,3)12-17(15,16)13-8-5-6-11(4,14)7-9-13/h12,14H,5-9H2,1-4H3. The van der Waals surface area contributed by atoms with E-state index in [9.17, 15) is 13.5 Å². The van der Waals surface area contributed by atoms with E-state index in [1.165, 1.54) is 4.31 Å². The normalized spacial score (nSPS) is 29.0.